The van der Waals surface area contributed by atoms with Gasteiger partial charge in [-0.1, -0.05) is 6.07 Å². The summed E-state index contributed by atoms with van der Waals surface area (Å²) in [5.74, 6) is 6.02. The zero-order valence-electron chi connectivity index (χ0n) is 10.4. The van der Waals surface area contributed by atoms with E-state index >= 15 is 0 Å². The van der Waals surface area contributed by atoms with Crippen molar-refractivity contribution < 1.29 is 0 Å². The number of hydrogen-bond donors (Lipinski definition) is 2. The molecular formula is C13H17N5. The lowest BCUT2D eigenvalue weighted by Gasteiger charge is -2.16. The van der Waals surface area contributed by atoms with Crippen LogP contribution >= 0.6 is 0 Å². The van der Waals surface area contributed by atoms with Gasteiger partial charge in [-0.25, -0.2) is 10.8 Å². The van der Waals surface area contributed by atoms with E-state index in [1.54, 1.807) is 6.20 Å². The molecule has 0 saturated carbocycles. The van der Waals surface area contributed by atoms with Gasteiger partial charge in [-0.05, 0) is 36.9 Å². The lowest BCUT2D eigenvalue weighted by molar-refractivity contribution is 0.315. The van der Waals surface area contributed by atoms with Crippen LogP contribution in [-0.4, -0.2) is 21.9 Å². The summed E-state index contributed by atoms with van der Waals surface area (Å²) in [6, 6.07) is 9.87. The molecule has 0 spiro atoms. The minimum atomic E-state index is 0.679. The van der Waals surface area contributed by atoms with Crippen LogP contribution in [0.15, 0.2) is 42.7 Å². The molecule has 2 heterocycles. The third kappa shape index (κ3) is 3.51. The molecule has 0 bridgehead atoms. The lowest BCUT2D eigenvalue weighted by atomic mass is 10.2. The first-order chi connectivity index (χ1) is 8.78. The molecule has 0 atom stereocenters. The molecule has 3 N–H and O–H groups in total. The van der Waals surface area contributed by atoms with Crippen molar-refractivity contribution >= 4 is 5.82 Å². The van der Waals surface area contributed by atoms with Crippen LogP contribution in [0.3, 0.4) is 0 Å². The number of pyridine rings is 2. The molecule has 2 aromatic rings. The molecule has 2 rings (SSSR count). The van der Waals surface area contributed by atoms with Gasteiger partial charge < -0.3 is 5.43 Å². The summed E-state index contributed by atoms with van der Waals surface area (Å²) < 4.78 is 0. The minimum absolute atomic E-state index is 0.679. The molecule has 0 aliphatic carbocycles. The number of nitrogens with zero attached hydrogens (tertiary/aromatic N) is 3. The maximum atomic E-state index is 5.34. The number of hydrogen-bond acceptors (Lipinski definition) is 5. The fourth-order valence-corrected chi connectivity index (χ4v) is 1.79. The number of nitrogens with two attached hydrogens (primary N) is 1. The minimum Gasteiger partial charge on any atom is -0.308 e. The summed E-state index contributed by atoms with van der Waals surface area (Å²) in [6.45, 7) is 1.64. The maximum Gasteiger partial charge on any atom is 0.140 e. The topological polar surface area (TPSA) is 67.1 Å². The summed E-state index contributed by atoms with van der Waals surface area (Å²) in [5, 5.41) is 0. The van der Waals surface area contributed by atoms with Crippen molar-refractivity contribution in [2.24, 2.45) is 5.84 Å². The smallest absolute Gasteiger partial charge is 0.140 e. The van der Waals surface area contributed by atoms with E-state index < -0.39 is 0 Å². The lowest BCUT2D eigenvalue weighted by Crippen LogP contribution is -2.18. The Labute approximate surface area is 107 Å². The first kappa shape index (κ1) is 12.5. The van der Waals surface area contributed by atoms with E-state index in [0.29, 0.717) is 5.82 Å². The van der Waals surface area contributed by atoms with Crippen LogP contribution in [0, 0.1) is 0 Å². The van der Waals surface area contributed by atoms with E-state index in [4.69, 9.17) is 5.84 Å². The van der Waals surface area contributed by atoms with E-state index in [0.717, 1.165) is 24.3 Å². The molecule has 0 aromatic carbocycles. The predicted molar refractivity (Wildman–Crippen MR) is 71.5 cm³/mol. The predicted octanol–water partition coefficient (Wildman–Crippen LogP) is 1.39. The van der Waals surface area contributed by atoms with E-state index in [-0.39, 0.29) is 0 Å². The number of rotatable bonds is 5. The van der Waals surface area contributed by atoms with Gasteiger partial charge in [-0.2, -0.15) is 0 Å². The van der Waals surface area contributed by atoms with Crippen molar-refractivity contribution in [2.75, 3.05) is 12.5 Å². The van der Waals surface area contributed by atoms with Gasteiger partial charge in [0.1, 0.15) is 5.82 Å². The van der Waals surface area contributed by atoms with Gasteiger partial charge in [-0.15, -0.1) is 0 Å². The average molecular weight is 243 g/mol. The molecule has 0 radical (unpaired) electrons. The largest absolute Gasteiger partial charge is 0.308 e. The molecule has 94 valence electrons. The second kappa shape index (κ2) is 6.09. The molecule has 2 aromatic heterocycles. The van der Waals surface area contributed by atoms with Gasteiger partial charge >= 0.3 is 0 Å². The molecule has 0 aliphatic rings. The highest BCUT2D eigenvalue weighted by Gasteiger charge is 2.03. The molecule has 0 fully saturated rings. The number of hydrazine groups is 1. The molecule has 0 saturated heterocycles. The second-order valence-electron chi connectivity index (χ2n) is 4.19. The maximum absolute atomic E-state index is 5.34. The molecule has 18 heavy (non-hydrogen) atoms. The Morgan fingerprint density at radius 2 is 2.06 bits per heavy atom. The van der Waals surface area contributed by atoms with Gasteiger partial charge in [-0.3, -0.25) is 9.88 Å². The van der Waals surface area contributed by atoms with Crippen LogP contribution in [0.4, 0.5) is 5.82 Å². The SMILES string of the molecule is CN(Cc1ccnc(NN)c1)Cc1ccccn1. The van der Waals surface area contributed by atoms with Crippen LogP contribution < -0.4 is 11.3 Å². The van der Waals surface area contributed by atoms with Gasteiger partial charge in [0.25, 0.3) is 0 Å². The number of aromatic nitrogens is 2. The highest BCUT2D eigenvalue weighted by atomic mass is 15.2. The van der Waals surface area contributed by atoms with Gasteiger partial charge in [0.15, 0.2) is 0 Å². The first-order valence-corrected chi connectivity index (χ1v) is 5.78. The van der Waals surface area contributed by atoms with Gasteiger partial charge in [0.05, 0.1) is 5.69 Å². The monoisotopic (exact) mass is 243 g/mol. The van der Waals surface area contributed by atoms with Crippen LogP contribution in [-0.2, 0) is 13.1 Å². The van der Waals surface area contributed by atoms with Crippen LogP contribution in [0.25, 0.3) is 0 Å². The number of nitrogen functional groups attached to an aromatic ring is 1. The zero-order chi connectivity index (χ0) is 12.8. The van der Waals surface area contributed by atoms with E-state index in [1.165, 1.54) is 0 Å². The summed E-state index contributed by atoms with van der Waals surface area (Å²) in [7, 11) is 2.06. The summed E-state index contributed by atoms with van der Waals surface area (Å²) >= 11 is 0. The fraction of sp³-hybridized carbons (Fsp3) is 0.231. The van der Waals surface area contributed by atoms with Crippen molar-refractivity contribution in [3.8, 4) is 0 Å². The molecule has 0 amide bonds. The van der Waals surface area contributed by atoms with Crippen molar-refractivity contribution in [1.82, 2.24) is 14.9 Å². The highest BCUT2D eigenvalue weighted by molar-refractivity contribution is 5.35. The fourth-order valence-electron chi connectivity index (χ4n) is 1.79. The van der Waals surface area contributed by atoms with Crippen molar-refractivity contribution in [2.45, 2.75) is 13.1 Å². The normalized spacial score (nSPS) is 10.6. The Morgan fingerprint density at radius 1 is 1.17 bits per heavy atom. The van der Waals surface area contributed by atoms with Crippen molar-refractivity contribution in [1.29, 1.82) is 0 Å². The molecule has 5 nitrogen and oxygen atoms in total. The van der Waals surface area contributed by atoms with Gasteiger partial charge in [0, 0.05) is 25.5 Å². The number of nitrogens with one attached hydrogen (secondary N) is 1. The van der Waals surface area contributed by atoms with Crippen LogP contribution in [0.5, 0.6) is 0 Å². The Morgan fingerprint density at radius 3 is 2.78 bits per heavy atom. The second-order valence-corrected chi connectivity index (χ2v) is 4.19. The van der Waals surface area contributed by atoms with Crippen LogP contribution in [0.2, 0.25) is 0 Å². The Hall–Kier alpha value is -1.98. The Balaban J connectivity index is 1.96. The highest BCUT2D eigenvalue weighted by Crippen LogP contribution is 2.09. The average Bonchev–Trinajstić information content (AvgIpc) is 2.40. The summed E-state index contributed by atoms with van der Waals surface area (Å²) in [5.41, 5.74) is 4.77. The van der Waals surface area contributed by atoms with Gasteiger partial charge in [0.2, 0.25) is 0 Å². The molecule has 0 aliphatic heterocycles. The third-order valence-corrected chi connectivity index (χ3v) is 2.58. The molecule has 5 heteroatoms. The first-order valence-electron chi connectivity index (χ1n) is 5.78. The van der Waals surface area contributed by atoms with Crippen molar-refractivity contribution in [3.05, 3.63) is 54.0 Å². The third-order valence-electron chi connectivity index (χ3n) is 2.58. The van der Waals surface area contributed by atoms with E-state index in [1.807, 2.05) is 36.5 Å². The van der Waals surface area contributed by atoms with Crippen LogP contribution in [0.1, 0.15) is 11.3 Å². The van der Waals surface area contributed by atoms with Crippen molar-refractivity contribution in [3.63, 3.8) is 0 Å². The quantitative estimate of drug-likeness (QED) is 0.613. The van der Waals surface area contributed by atoms with E-state index in [9.17, 15) is 0 Å². The zero-order valence-corrected chi connectivity index (χ0v) is 10.4. The molecular weight excluding hydrogens is 226 g/mol. The van der Waals surface area contributed by atoms with E-state index in [2.05, 4.69) is 27.3 Å². The Bertz CT molecular complexity index is 486. The number of anilines is 1. The summed E-state index contributed by atoms with van der Waals surface area (Å²) in [6.07, 6.45) is 3.56. The standard InChI is InChI=1S/C13H17N5/c1-18(10-12-4-2-3-6-15-12)9-11-5-7-16-13(8-11)17-14/h2-8H,9-10,14H2,1H3,(H,16,17). The Kier molecular flexibility index (Phi) is 4.22. The summed E-state index contributed by atoms with van der Waals surface area (Å²) in [4.78, 5) is 10.6. The molecule has 0 unspecified atom stereocenters.